The van der Waals surface area contributed by atoms with Crippen molar-refractivity contribution in [2.45, 2.75) is 32.2 Å². The lowest BCUT2D eigenvalue weighted by Gasteiger charge is -2.13. The molecule has 1 aliphatic carbocycles. The molecule has 1 aliphatic rings. The molecule has 15 heavy (non-hydrogen) atoms. The fourth-order valence-corrected chi connectivity index (χ4v) is 1.99. The highest BCUT2D eigenvalue weighted by Gasteiger charge is 2.20. The van der Waals surface area contributed by atoms with Crippen LogP contribution in [0.5, 0.6) is 0 Å². The Kier molecular flexibility index (Phi) is 6.10. The van der Waals surface area contributed by atoms with Crippen molar-refractivity contribution in [3.63, 3.8) is 0 Å². The van der Waals surface area contributed by atoms with E-state index in [2.05, 4.69) is 23.8 Å². The average Bonchev–Trinajstić information content (AvgIpc) is 2.98. The van der Waals surface area contributed by atoms with Crippen molar-refractivity contribution < 1.29 is 4.79 Å². The molecule has 0 heterocycles. The molecule has 1 atom stereocenters. The van der Waals surface area contributed by atoms with Crippen molar-refractivity contribution in [1.82, 2.24) is 10.6 Å². The van der Waals surface area contributed by atoms with Gasteiger partial charge in [0, 0.05) is 6.04 Å². The van der Waals surface area contributed by atoms with E-state index in [0.717, 1.165) is 24.6 Å². The number of hydrogen-bond donors (Lipinski definition) is 2. The smallest absolute Gasteiger partial charge is 0.234 e. The van der Waals surface area contributed by atoms with Crippen LogP contribution in [-0.4, -0.2) is 37.0 Å². The summed E-state index contributed by atoms with van der Waals surface area (Å²) < 4.78 is 0. The van der Waals surface area contributed by atoms with Gasteiger partial charge in [0.25, 0.3) is 0 Å². The van der Waals surface area contributed by atoms with Gasteiger partial charge in [0.05, 0.1) is 6.54 Å². The summed E-state index contributed by atoms with van der Waals surface area (Å²) in [4.78, 5) is 11.4. The molecule has 4 heteroatoms. The number of amides is 1. The number of carbonyl (C=O) groups is 1. The second kappa shape index (κ2) is 7.12. The topological polar surface area (TPSA) is 41.1 Å². The Labute approximate surface area is 96.8 Å². The summed E-state index contributed by atoms with van der Waals surface area (Å²) in [7, 11) is 0. The third kappa shape index (κ3) is 6.79. The highest BCUT2D eigenvalue weighted by atomic mass is 32.2. The minimum absolute atomic E-state index is 0.129. The van der Waals surface area contributed by atoms with Gasteiger partial charge in [-0.2, -0.15) is 11.8 Å². The van der Waals surface area contributed by atoms with Gasteiger partial charge in [0.15, 0.2) is 0 Å². The van der Waals surface area contributed by atoms with Crippen LogP contribution in [-0.2, 0) is 4.79 Å². The summed E-state index contributed by atoms with van der Waals surface area (Å²) in [5.74, 6) is 2.08. The van der Waals surface area contributed by atoms with E-state index in [-0.39, 0.29) is 5.91 Å². The van der Waals surface area contributed by atoms with Gasteiger partial charge in [0.1, 0.15) is 0 Å². The highest BCUT2D eigenvalue weighted by molar-refractivity contribution is 7.98. The minimum atomic E-state index is 0.129. The third-order valence-corrected chi connectivity index (χ3v) is 3.22. The Morgan fingerprint density at radius 2 is 2.27 bits per heavy atom. The molecule has 1 saturated carbocycles. The first-order chi connectivity index (χ1) is 7.22. The van der Waals surface area contributed by atoms with Gasteiger partial charge >= 0.3 is 0 Å². The Morgan fingerprint density at radius 3 is 2.87 bits per heavy atom. The maximum absolute atomic E-state index is 11.4. The predicted octanol–water partition coefficient (Wildman–Crippen LogP) is 1.24. The Morgan fingerprint density at radius 1 is 1.53 bits per heavy atom. The van der Waals surface area contributed by atoms with Crippen molar-refractivity contribution in [2.75, 3.05) is 25.1 Å². The Balaban J connectivity index is 1.95. The van der Waals surface area contributed by atoms with Crippen molar-refractivity contribution in [3.8, 4) is 0 Å². The molecule has 0 radical (unpaired) electrons. The summed E-state index contributed by atoms with van der Waals surface area (Å²) in [6.07, 6.45) is 5.80. The number of carbonyl (C=O) groups excluding carboxylic acids is 1. The Hall–Kier alpha value is -0.220. The molecule has 0 saturated heterocycles. The molecule has 1 fully saturated rings. The zero-order chi connectivity index (χ0) is 11.1. The van der Waals surface area contributed by atoms with E-state index in [0.29, 0.717) is 12.6 Å². The van der Waals surface area contributed by atoms with Crippen molar-refractivity contribution in [2.24, 2.45) is 5.92 Å². The van der Waals surface area contributed by atoms with Gasteiger partial charge in [-0.05, 0) is 50.7 Å². The fourth-order valence-electron chi connectivity index (χ4n) is 1.40. The van der Waals surface area contributed by atoms with E-state index in [1.807, 2.05) is 11.8 Å². The predicted molar refractivity (Wildman–Crippen MR) is 66.2 cm³/mol. The molecule has 0 aromatic heterocycles. The zero-order valence-electron chi connectivity index (χ0n) is 9.71. The first-order valence-electron chi connectivity index (χ1n) is 5.71. The van der Waals surface area contributed by atoms with E-state index in [9.17, 15) is 4.79 Å². The molecule has 0 aromatic carbocycles. The van der Waals surface area contributed by atoms with Crippen LogP contribution in [0, 0.1) is 5.92 Å². The summed E-state index contributed by atoms with van der Waals surface area (Å²) in [5.41, 5.74) is 0. The highest BCUT2D eigenvalue weighted by Crippen LogP contribution is 2.27. The molecule has 2 N–H and O–H groups in total. The van der Waals surface area contributed by atoms with Gasteiger partial charge < -0.3 is 10.6 Å². The molecule has 0 aliphatic heterocycles. The quantitative estimate of drug-likeness (QED) is 0.659. The summed E-state index contributed by atoms with van der Waals surface area (Å²) >= 11 is 1.82. The van der Waals surface area contributed by atoms with Gasteiger partial charge in [-0.15, -0.1) is 0 Å². The molecule has 0 bridgehead atoms. The van der Waals surface area contributed by atoms with Crippen LogP contribution < -0.4 is 10.6 Å². The first-order valence-corrected chi connectivity index (χ1v) is 7.10. The molecule has 1 amide bonds. The monoisotopic (exact) mass is 230 g/mol. The number of thioether (sulfide) groups is 1. The van der Waals surface area contributed by atoms with Crippen molar-refractivity contribution in [1.29, 1.82) is 0 Å². The SMILES string of the molecule is CSCCC(C)NC(=O)CNCC1CC1. The maximum Gasteiger partial charge on any atom is 0.234 e. The minimum Gasteiger partial charge on any atom is -0.353 e. The number of hydrogen-bond acceptors (Lipinski definition) is 3. The molecule has 1 unspecified atom stereocenters. The van der Waals surface area contributed by atoms with Crippen molar-refractivity contribution >= 4 is 17.7 Å². The lowest BCUT2D eigenvalue weighted by Crippen LogP contribution is -2.39. The summed E-state index contributed by atoms with van der Waals surface area (Å²) in [6, 6.07) is 0.299. The van der Waals surface area contributed by atoms with E-state index >= 15 is 0 Å². The van der Waals surface area contributed by atoms with Gasteiger partial charge in [-0.25, -0.2) is 0 Å². The van der Waals surface area contributed by atoms with Crippen LogP contribution in [0.3, 0.4) is 0 Å². The van der Waals surface area contributed by atoms with Crippen LogP contribution in [0.4, 0.5) is 0 Å². The average molecular weight is 230 g/mol. The van der Waals surface area contributed by atoms with E-state index in [1.165, 1.54) is 12.8 Å². The van der Waals surface area contributed by atoms with Crippen LogP contribution in [0.15, 0.2) is 0 Å². The molecular formula is C11H22N2OS. The third-order valence-electron chi connectivity index (χ3n) is 2.58. The van der Waals surface area contributed by atoms with Crippen LogP contribution >= 0.6 is 11.8 Å². The first kappa shape index (κ1) is 12.8. The van der Waals surface area contributed by atoms with E-state index < -0.39 is 0 Å². The van der Waals surface area contributed by atoms with Gasteiger partial charge in [0.2, 0.25) is 5.91 Å². The number of rotatable bonds is 8. The molecule has 1 rings (SSSR count). The summed E-state index contributed by atoms with van der Waals surface area (Å²) in [5, 5.41) is 6.19. The van der Waals surface area contributed by atoms with E-state index in [4.69, 9.17) is 0 Å². The fraction of sp³-hybridized carbons (Fsp3) is 0.909. The lowest BCUT2D eigenvalue weighted by atomic mass is 10.2. The Bertz CT molecular complexity index is 195. The van der Waals surface area contributed by atoms with Crippen molar-refractivity contribution in [3.05, 3.63) is 0 Å². The van der Waals surface area contributed by atoms with Crippen LogP contribution in [0.2, 0.25) is 0 Å². The van der Waals surface area contributed by atoms with Gasteiger partial charge in [-0.3, -0.25) is 4.79 Å². The maximum atomic E-state index is 11.4. The molecule has 88 valence electrons. The van der Waals surface area contributed by atoms with Gasteiger partial charge in [-0.1, -0.05) is 0 Å². The molecule has 0 spiro atoms. The second-order valence-electron chi connectivity index (χ2n) is 4.32. The normalized spacial score (nSPS) is 17.5. The molecule has 3 nitrogen and oxygen atoms in total. The second-order valence-corrected chi connectivity index (χ2v) is 5.31. The zero-order valence-corrected chi connectivity index (χ0v) is 10.5. The number of nitrogens with one attached hydrogen (secondary N) is 2. The van der Waals surface area contributed by atoms with Crippen LogP contribution in [0.25, 0.3) is 0 Å². The largest absolute Gasteiger partial charge is 0.353 e. The van der Waals surface area contributed by atoms with Crippen LogP contribution in [0.1, 0.15) is 26.2 Å². The summed E-state index contributed by atoms with van der Waals surface area (Å²) in [6.45, 7) is 3.54. The molecular weight excluding hydrogens is 208 g/mol. The standard InChI is InChI=1S/C11H22N2OS/c1-9(5-6-15-2)13-11(14)8-12-7-10-3-4-10/h9-10,12H,3-8H2,1-2H3,(H,13,14). The lowest BCUT2D eigenvalue weighted by molar-refractivity contribution is -0.120. The molecule has 0 aromatic rings. The van der Waals surface area contributed by atoms with E-state index in [1.54, 1.807) is 0 Å².